The Morgan fingerprint density at radius 1 is 1.14 bits per heavy atom. The van der Waals surface area contributed by atoms with Crippen LogP contribution in [0.5, 0.6) is 5.88 Å². The van der Waals surface area contributed by atoms with Gasteiger partial charge in [-0.2, -0.15) is 0 Å². The molecule has 28 heavy (non-hydrogen) atoms. The third kappa shape index (κ3) is 8.88. The van der Waals surface area contributed by atoms with Gasteiger partial charge in [-0.3, -0.25) is 4.99 Å². The lowest BCUT2D eigenvalue weighted by atomic mass is 10.2. The van der Waals surface area contributed by atoms with Gasteiger partial charge in [0.1, 0.15) is 0 Å². The highest BCUT2D eigenvalue weighted by Crippen LogP contribution is 2.13. The average molecular weight is 498 g/mol. The highest BCUT2D eigenvalue weighted by atomic mass is 127. The van der Waals surface area contributed by atoms with Crippen LogP contribution in [0.2, 0.25) is 0 Å². The number of rotatable bonds is 10. The summed E-state index contributed by atoms with van der Waals surface area (Å²) in [6.07, 6.45) is 1.73. The molecule has 0 bridgehead atoms. The number of nitrogens with zero attached hydrogens (tertiary/aromatic N) is 2. The molecule has 0 fully saturated rings. The second kappa shape index (κ2) is 14.2. The van der Waals surface area contributed by atoms with Gasteiger partial charge in [0, 0.05) is 31.9 Å². The summed E-state index contributed by atoms with van der Waals surface area (Å²) in [5.74, 6) is 1.77. The van der Waals surface area contributed by atoms with Crippen molar-refractivity contribution < 1.29 is 9.47 Å². The van der Waals surface area contributed by atoms with Gasteiger partial charge >= 0.3 is 0 Å². The Morgan fingerprint density at radius 3 is 2.64 bits per heavy atom. The molecule has 7 heteroatoms. The Labute approximate surface area is 185 Å². The van der Waals surface area contributed by atoms with Crippen molar-refractivity contribution >= 4 is 29.9 Å². The van der Waals surface area contributed by atoms with E-state index >= 15 is 0 Å². The third-order valence-electron chi connectivity index (χ3n) is 3.93. The van der Waals surface area contributed by atoms with E-state index in [1.165, 1.54) is 5.56 Å². The zero-order chi connectivity index (χ0) is 19.3. The minimum Gasteiger partial charge on any atom is -0.478 e. The van der Waals surface area contributed by atoms with Crippen LogP contribution in [0.15, 0.2) is 53.7 Å². The maximum Gasteiger partial charge on any atom is 0.218 e. The Bertz CT molecular complexity index is 698. The molecule has 2 rings (SSSR count). The molecular weight excluding hydrogens is 467 g/mol. The molecule has 0 aliphatic rings. The number of halogens is 1. The lowest BCUT2D eigenvalue weighted by Gasteiger charge is -2.17. The van der Waals surface area contributed by atoms with Gasteiger partial charge in [0.2, 0.25) is 5.88 Å². The zero-order valence-electron chi connectivity index (χ0n) is 16.9. The molecule has 0 radical (unpaired) electrons. The van der Waals surface area contributed by atoms with Crippen LogP contribution in [0, 0.1) is 5.92 Å². The Hall–Kier alpha value is -1.87. The van der Waals surface area contributed by atoms with Gasteiger partial charge in [0.15, 0.2) is 5.96 Å². The first-order valence-electron chi connectivity index (χ1n) is 9.35. The summed E-state index contributed by atoms with van der Waals surface area (Å²) in [7, 11) is 1.76. The summed E-state index contributed by atoms with van der Waals surface area (Å²) in [6.45, 7) is 7.40. The van der Waals surface area contributed by atoms with Crippen LogP contribution in [0.25, 0.3) is 0 Å². The first kappa shape index (κ1) is 24.2. The molecule has 0 spiro atoms. The maximum atomic E-state index is 5.79. The van der Waals surface area contributed by atoms with Crippen molar-refractivity contribution in [3.63, 3.8) is 0 Å². The van der Waals surface area contributed by atoms with Gasteiger partial charge in [-0.15, -0.1) is 24.0 Å². The first-order valence-corrected chi connectivity index (χ1v) is 9.35. The van der Waals surface area contributed by atoms with Gasteiger partial charge in [-0.05, 0) is 24.5 Å². The molecule has 6 nitrogen and oxygen atoms in total. The molecule has 2 N–H and O–H groups in total. The van der Waals surface area contributed by atoms with Gasteiger partial charge in [-0.1, -0.05) is 43.3 Å². The monoisotopic (exact) mass is 498 g/mol. The number of ether oxygens (including phenoxy) is 2. The van der Waals surface area contributed by atoms with Crippen molar-refractivity contribution in [3.8, 4) is 5.88 Å². The summed E-state index contributed by atoms with van der Waals surface area (Å²) < 4.78 is 11.3. The molecule has 1 aromatic heterocycles. The quantitative estimate of drug-likeness (QED) is 0.298. The van der Waals surface area contributed by atoms with E-state index in [0.717, 1.165) is 18.1 Å². The van der Waals surface area contributed by atoms with Crippen LogP contribution in [-0.2, 0) is 17.9 Å². The Kier molecular flexibility index (Phi) is 12.2. The fourth-order valence-corrected chi connectivity index (χ4v) is 2.51. The van der Waals surface area contributed by atoms with Gasteiger partial charge in [0.25, 0.3) is 0 Å². The van der Waals surface area contributed by atoms with Crippen molar-refractivity contribution in [1.82, 2.24) is 15.6 Å². The van der Waals surface area contributed by atoms with E-state index in [0.29, 0.717) is 38.2 Å². The van der Waals surface area contributed by atoms with E-state index in [4.69, 9.17) is 9.47 Å². The number of guanidine groups is 1. The van der Waals surface area contributed by atoms with Crippen molar-refractivity contribution in [1.29, 1.82) is 0 Å². The van der Waals surface area contributed by atoms with Crippen molar-refractivity contribution in [2.24, 2.45) is 10.9 Å². The van der Waals surface area contributed by atoms with Crippen LogP contribution >= 0.6 is 24.0 Å². The largest absolute Gasteiger partial charge is 0.478 e. The molecule has 0 amide bonds. The maximum absolute atomic E-state index is 5.79. The van der Waals surface area contributed by atoms with E-state index in [9.17, 15) is 0 Å². The molecular formula is C21H31IN4O2. The van der Waals surface area contributed by atoms with E-state index in [2.05, 4.69) is 39.7 Å². The number of hydrogen-bond donors (Lipinski definition) is 2. The summed E-state index contributed by atoms with van der Waals surface area (Å²) in [4.78, 5) is 8.54. The van der Waals surface area contributed by atoms with E-state index < -0.39 is 0 Å². The Morgan fingerprint density at radius 2 is 1.93 bits per heavy atom. The van der Waals surface area contributed by atoms with Crippen molar-refractivity contribution in [2.75, 3.05) is 26.8 Å². The standard InChI is InChI=1S/C21H30N4O2.HI/c1-4-27-20-19(11-8-12-23-20)14-25-21(22-3)24-13-17(2)15-26-16-18-9-6-5-7-10-18;/h5-12,17H,4,13-16H2,1-3H3,(H2,22,24,25);1H. The number of benzene rings is 1. The molecule has 1 heterocycles. The number of aromatic nitrogens is 1. The lowest BCUT2D eigenvalue weighted by molar-refractivity contribution is 0.0931. The molecule has 1 unspecified atom stereocenters. The van der Waals surface area contributed by atoms with E-state index in [1.807, 2.05) is 37.3 Å². The molecule has 1 atom stereocenters. The van der Waals surface area contributed by atoms with E-state index in [1.54, 1.807) is 13.2 Å². The van der Waals surface area contributed by atoms with E-state index in [-0.39, 0.29) is 24.0 Å². The second-order valence-electron chi connectivity index (χ2n) is 6.31. The molecule has 154 valence electrons. The van der Waals surface area contributed by atoms with Crippen LogP contribution in [0.4, 0.5) is 0 Å². The second-order valence-corrected chi connectivity index (χ2v) is 6.31. The normalized spacial score (nSPS) is 12.0. The highest BCUT2D eigenvalue weighted by molar-refractivity contribution is 14.0. The molecule has 0 aliphatic heterocycles. The molecule has 0 aliphatic carbocycles. The summed E-state index contributed by atoms with van der Waals surface area (Å²) in [6, 6.07) is 14.1. The minimum atomic E-state index is 0. The van der Waals surface area contributed by atoms with Crippen LogP contribution in [-0.4, -0.2) is 37.7 Å². The molecule has 2 aromatic rings. The lowest BCUT2D eigenvalue weighted by Crippen LogP contribution is -2.39. The molecule has 0 saturated heterocycles. The van der Waals surface area contributed by atoms with Crippen LogP contribution < -0.4 is 15.4 Å². The van der Waals surface area contributed by atoms with Gasteiger partial charge in [0.05, 0.1) is 19.8 Å². The summed E-state index contributed by atoms with van der Waals surface area (Å²) in [5, 5.41) is 6.64. The number of pyridine rings is 1. The summed E-state index contributed by atoms with van der Waals surface area (Å²) >= 11 is 0. The molecule has 0 saturated carbocycles. The first-order chi connectivity index (χ1) is 13.2. The SMILES string of the molecule is CCOc1ncccc1CNC(=NC)NCC(C)COCc1ccccc1.I. The topological polar surface area (TPSA) is 67.8 Å². The third-order valence-corrected chi connectivity index (χ3v) is 3.93. The minimum absolute atomic E-state index is 0. The van der Waals surface area contributed by atoms with Crippen molar-refractivity contribution in [2.45, 2.75) is 27.0 Å². The average Bonchev–Trinajstić information content (AvgIpc) is 2.70. The number of hydrogen-bond acceptors (Lipinski definition) is 4. The van der Waals surface area contributed by atoms with Gasteiger partial charge < -0.3 is 20.1 Å². The summed E-state index contributed by atoms with van der Waals surface area (Å²) in [5.41, 5.74) is 2.19. The van der Waals surface area contributed by atoms with Crippen LogP contribution in [0.1, 0.15) is 25.0 Å². The predicted octanol–water partition coefficient (Wildman–Crippen LogP) is 3.62. The fourth-order valence-electron chi connectivity index (χ4n) is 2.51. The fraction of sp³-hybridized carbons (Fsp3) is 0.429. The van der Waals surface area contributed by atoms with Gasteiger partial charge in [-0.25, -0.2) is 4.98 Å². The predicted molar refractivity (Wildman–Crippen MR) is 124 cm³/mol. The molecule has 1 aromatic carbocycles. The number of nitrogens with one attached hydrogen (secondary N) is 2. The van der Waals surface area contributed by atoms with Crippen molar-refractivity contribution in [3.05, 3.63) is 59.8 Å². The highest BCUT2D eigenvalue weighted by Gasteiger charge is 2.07. The van der Waals surface area contributed by atoms with Crippen LogP contribution in [0.3, 0.4) is 0 Å². The zero-order valence-corrected chi connectivity index (χ0v) is 19.2. The smallest absolute Gasteiger partial charge is 0.218 e. The Balaban J connectivity index is 0.00000392. The number of aliphatic imine (C=N–C) groups is 1.